The van der Waals surface area contributed by atoms with Crippen molar-refractivity contribution in [2.75, 3.05) is 20.0 Å². The van der Waals surface area contributed by atoms with Crippen LogP contribution in [0.1, 0.15) is 29.3 Å². The van der Waals surface area contributed by atoms with Crippen LogP contribution in [0.15, 0.2) is 41.2 Å². The Bertz CT molecular complexity index is 1230. The van der Waals surface area contributed by atoms with Crippen LogP contribution in [-0.4, -0.2) is 35.5 Å². The highest BCUT2D eigenvalue weighted by Gasteiger charge is 2.14. The first-order valence-electron chi connectivity index (χ1n) is 10.1. The van der Waals surface area contributed by atoms with Gasteiger partial charge < -0.3 is 24.5 Å². The van der Waals surface area contributed by atoms with E-state index in [1.165, 1.54) is 4.57 Å². The van der Waals surface area contributed by atoms with Gasteiger partial charge in [-0.05, 0) is 61.5 Å². The molecular formula is C22H23N3O5S. The molecule has 0 saturated heterocycles. The summed E-state index contributed by atoms with van der Waals surface area (Å²) in [6, 6.07) is 10.5. The van der Waals surface area contributed by atoms with Gasteiger partial charge in [0.15, 0.2) is 16.3 Å². The van der Waals surface area contributed by atoms with Crippen LogP contribution >= 0.6 is 12.2 Å². The quantitative estimate of drug-likeness (QED) is 0.412. The number of nitrogens with one attached hydrogen (secondary N) is 2. The Balaban J connectivity index is 1.48. The largest absolute Gasteiger partial charge is 0.454 e. The molecule has 162 valence electrons. The van der Waals surface area contributed by atoms with Crippen molar-refractivity contribution in [1.82, 2.24) is 14.9 Å². The van der Waals surface area contributed by atoms with Gasteiger partial charge in [-0.3, -0.25) is 14.2 Å². The number of carbonyl (C=O) groups excluding carboxylic acids is 1. The summed E-state index contributed by atoms with van der Waals surface area (Å²) in [5.74, 6) is 1.12. The molecule has 9 heteroatoms. The number of benzene rings is 2. The number of aromatic amines is 1. The van der Waals surface area contributed by atoms with Gasteiger partial charge in [0.1, 0.15) is 0 Å². The summed E-state index contributed by atoms with van der Waals surface area (Å²) in [6.07, 6.45) is 0.692. The lowest BCUT2D eigenvalue weighted by Gasteiger charge is -2.10. The van der Waals surface area contributed by atoms with Gasteiger partial charge in [-0.2, -0.15) is 0 Å². The zero-order valence-electron chi connectivity index (χ0n) is 17.1. The predicted molar refractivity (Wildman–Crippen MR) is 118 cm³/mol. The molecule has 1 aromatic heterocycles. The van der Waals surface area contributed by atoms with Crippen LogP contribution in [0.4, 0.5) is 0 Å². The normalized spacial score (nSPS) is 12.3. The fourth-order valence-corrected chi connectivity index (χ4v) is 3.69. The molecule has 4 rings (SSSR count). The first-order valence-corrected chi connectivity index (χ1v) is 10.5. The third-order valence-electron chi connectivity index (χ3n) is 5.01. The molecule has 0 saturated carbocycles. The summed E-state index contributed by atoms with van der Waals surface area (Å²) in [4.78, 5) is 28.5. The average Bonchev–Trinajstić information content (AvgIpc) is 3.24. The van der Waals surface area contributed by atoms with Crippen molar-refractivity contribution >= 4 is 29.0 Å². The van der Waals surface area contributed by atoms with Crippen LogP contribution in [0.2, 0.25) is 0 Å². The predicted octanol–water partition coefficient (Wildman–Crippen LogP) is 3.14. The van der Waals surface area contributed by atoms with Crippen molar-refractivity contribution in [3.63, 3.8) is 0 Å². The van der Waals surface area contributed by atoms with Gasteiger partial charge in [0.25, 0.3) is 11.5 Å². The summed E-state index contributed by atoms with van der Waals surface area (Å²) in [6.45, 7) is 4.15. The van der Waals surface area contributed by atoms with Gasteiger partial charge in [-0.1, -0.05) is 6.07 Å². The molecule has 0 unspecified atom stereocenters. The molecule has 0 aliphatic carbocycles. The molecule has 3 aromatic rings. The lowest BCUT2D eigenvalue weighted by atomic mass is 10.1. The molecule has 2 heterocycles. The molecule has 0 bridgehead atoms. The second kappa shape index (κ2) is 9.32. The van der Waals surface area contributed by atoms with Crippen molar-refractivity contribution in [3.05, 3.63) is 62.6 Å². The molecule has 8 nitrogen and oxygen atoms in total. The second-order valence-electron chi connectivity index (χ2n) is 7.07. The fourth-order valence-electron chi connectivity index (χ4n) is 3.40. The minimum atomic E-state index is -0.250. The van der Waals surface area contributed by atoms with Crippen LogP contribution in [-0.2, 0) is 17.8 Å². The first-order chi connectivity index (χ1) is 15.1. The fraction of sp³-hybridized carbons (Fsp3) is 0.318. The van der Waals surface area contributed by atoms with Gasteiger partial charge in [-0.25, -0.2) is 0 Å². The number of fused-ring (bicyclic) bond motifs is 2. The Morgan fingerprint density at radius 1 is 1.23 bits per heavy atom. The van der Waals surface area contributed by atoms with Crippen LogP contribution in [0.3, 0.4) is 0 Å². The standard InChI is InChI=1S/C22H23N3O5S/c1-2-28-9-3-8-25-21(27)16-6-5-15(11-17(16)24-22(25)31)20(26)23-12-14-4-7-18-19(10-14)30-13-29-18/h4-7,10-11H,2-3,8-9,12-13H2,1H3,(H,23,26)(H,24,31). The number of hydrogen-bond donors (Lipinski definition) is 2. The van der Waals surface area contributed by atoms with Gasteiger partial charge in [0.2, 0.25) is 6.79 Å². The van der Waals surface area contributed by atoms with E-state index < -0.39 is 0 Å². The van der Waals surface area contributed by atoms with E-state index in [4.69, 9.17) is 26.4 Å². The summed E-state index contributed by atoms with van der Waals surface area (Å²) >= 11 is 5.35. The Hall–Kier alpha value is -3.17. The highest BCUT2D eigenvalue weighted by molar-refractivity contribution is 7.71. The Labute approximate surface area is 183 Å². The Kier molecular flexibility index (Phi) is 6.34. The van der Waals surface area contributed by atoms with Crippen molar-refractivity contribution in [3.8, 4) is 11.5 Å². The summed E-state index contributed by atoms with van der Waals surface area (Å²) in [5.41, 5.74) is 1.69. The van der Waals surface area contributed by atoms with Gasteiger partial charge in [0.05, 0.1) is 10.9 Å². The number of carbonyl (C=O) groups is 1. The van der Waals surface area contributed by atoms with E-state index in [1.54, 1.807) is 18.2 Å². The molecule has 0 atom stereocenters. The van der Waals surface area contributed by atoms with Crippen LogP contribution in [0.5, 0.6) is 11.5 Å². The molecular weight excluding hydrogens is 418 g/mol. The number of nitrogens with zero attached hydrogens (tertiary/aromatic N) is 1. The number of rotatable bonds is 8. The molecule has 0 fully saturated rings. The third kappa shape index (κ3) is 4.62. The minimum absolute atomic E-state index is 0.178. The first kappa shape index (κ1) is 21.1. The summed E-state index contributed by atoms with van der Waals surface area (Å²) < 4.78 is 17.8. The summed E-state index contributed by atoms with van der Waals surface area (Å²) in [7, 11) is 0. The van der Waals surface area contributed by atoms with Gasteiger partial charge in [-0.15, -0.1) is 0 Å². The molecule has 1 aliphatic rings. The van der Waals surface area contributed by atoms with E-state index in [1.807, 2.05) is 25.1 Å². The SMILES string of the molecule is CCOCCCn1c(=S)[nH]c2cc(C(=O)NCc3ccc4c(c3)OCO4)ccc2c1=O. The molecule has 31 heavy (non-hydrogen) atoms. The molecule has 0 radical (unpaired) electrons. The number of hydrogen-bond acceptors (Lipinski definition) is 6. The van der Waals surface area contributed by atoms with Crippen molar-refractivity contribution in [1.29, 1.82) is 0 Å². The molecule has 0 spiro atoms. The Morgan fingerprint density at radius 3 is 2.90 bits per heavy atom. The van der Waals surface area contributed by atoms with Crippen molar-refractivity contribution in [2.24, 2.45) is 0 Å². The lowest BCUT2D eigenvalue weighted by Crippen LogP contribution is -2.24. The zero-order valence-corrected chi connectivity index (χ0v) is 17.9. The maximum atomic E-state index is 12.8. The highest BCUT2D eigenvalue weighted by Crippen LogP contribution is 2.32. The highest BCUT2D eigenvalue weighted by atomic mass is 32.1. The van der Waals surface area contributed by atoms with E-state index in [0.29, 0.717) is 65.5 Å². The monoisotopic (exact) mass is 441 g/mol. The number of H-pyrrole nitrogens is 1. The lowest BCUT2D eigenvalue weighted by molar-refractivity contribution is 0.0951. The van der Waals surface area contributed by atoms with E-state index in [2.05, 4.69) is 10.3 Å². The van der Waals surface area contributed by atoms with E-state index in [9.17, 15) is 9.59 Å². The molecule has 1 aliphatic heterocycles. The molecule has 2 N–H and O–H groups in total. The maximum absolute atomic E-state index is 12.8. The third-order valence-corrected chi connectivity index (χ3v) is 5.33. The van der Waals surface area contributed by atoms with Crippen molar-refractivity contribution < 1.29 is 19.0 Å². The number of ether oxygens (including phenoxy) is 3. The van der Waals surface area contributed by atoms with Crippen LogP contribution in [0.25, 0.3) is 10.9 Å². The topological polar surface area (TPSA) is 94.6 Å². The Morgan fingerprint density at radius 2 is 2.06 bits per heavy atom. The second-order valence-corrected chi connectivity index (χ2v) is 7.45. The molecule has 1 amide bonds. The molecule has 2 aromatic carbocycles. The number of aromatic nitrogens is 2. The minimum Gasteiger partial charge on any atom is -0.454 e. The number of amides is 1. The summed E-state index contributed by atoms with van der Waals surface area (Å²) in [5, 5.41) is 3.36. The maximum Gasteiger partial charge on any atom is 0.262 e. The smallest absolute Gasteiger partial charge is 0.262 e. The van der Waals surface area contributed by atoms with E-state index in [0.717, 1.165) is 5.56 Å². The van der Waals surface area contributed by atoms with Gasteiger partial charge in [0, 0.05) is 31.9 Å². The average molecular weight is 442 g/mol. The van der Waals surface area contributed by atoms with Gasteiger partial charge >= 0.3 is 0 Å². The van der Waals surface area contributed by atoms with E-state index >= 15 is 0 Å². The zero-order chi connectivity index (χ0) is 21.8. The van der Waals surface area contributed by atoms with Crippen molar-refractivity contribution in [2.45, 2.75) is 26.4 Å². The van der Waals surface area contributed by atoms with Crippen LogP contribution < -0.4 is 20.3 Å². The van der Waals surface area contributed by atoms with E-state index in [-0.39, 0.29) is 18.3 Å². The van der Waals surface area contributed by atoms with Crippen LogP contribution in [0, 0.1) is 4.77 Å².